The van der Waals surface area contributed by atoms with Gasteiger partial charge in [0.25, 0.3) is 0 Å². The Bertz CT molecular complexity index is 197. The number of azide groups is 1. The molecule has 4 heteroatoms. The Morgan fingerprint density at radius 1 is 1.78 bits per heavy atom. The van der Waals surface area contributed by atoms with Crippen molar-refractivity contribution in [3.63, 3.8) is 0 Å². The van der Waals surface area contributed by atoms with Gasteiger partial charge in [-0.1, -0.05) is 5.11 Å². The number of hydrogen-bond acceptors (Lipinski definition) is 2. The van der Waals surface area contributed by atoms with Gasteiger partial charge in [-0.15, -0.1) is 0 Å². The van der Waals surface area contributed by atoms with Gasteiger partial charge in [-0.25, -0.2) is 0 Å². The van der Waals surface area contributed by atoms with E-state index in [0.717, 1.165) is 18.7 Å². The van der Waals surface area contributed by atoms with Gasteiger partial charge in [0.1, 0.15) is 0 Å². The fourth-order valence-corrected chi connectivity index (χ4v) is 0.616. The highest BCUT2D eigenvalue weighted by atomic mass is 15.1. The third kappa shape index (κ3) is 1.58. The monoisotopic (exact) mass is 122 g/mol. The van der Waals surface area contributed by atoms with Gasteiger partial charge in [-0.3, -0.25) is 4.99 Å². The zero-order valence-corrected chi connectivity index (χ0v) is 4.86. The molecular weight excluding hydrogens is 116 g/mol. The highest BCUT2D eigenvalue weighted by Crippen LogP contribution is 2.05. The molecule has 0 radical (unpaired) electrons. The van der Waals surface area contributed by atoms with E-state index in [0.29, 0.717) is 0 Å². The number of dihydropyridines is 1. The summed E-state index contributed by atoms with van der Waals surface area (Å²) < 4.78 is 0. The lowest BCUT2D eigenvalue weighted by Gasteiger charge is -1.98. The molecule has 0 aromatic carbocycles. The van der Waals surface area contributed by atoms with Crippen molar-refractivity contribution in [1.29, 1.82) is 0 Å². The first kappa shape index (κ1) is 5.85. The predicted octanol–water partition coefficient (Wildman–Crippen LogP) is 1.66. The first-order valence-electron chi connectivity index (χ1n) is 2.67. The van der Waals surface area contributed by atoms with Crippen LogP contribution in [-0.2, 0) is 0 Å². The largest absolute Gasteiger partial charge is 0.293 e. The molecule has 1 heterocycles. The maximum Gasteiger partial charge on any atom is 0.0428 e. The van der Waals surface area contributed by atoms with Gasteiger partial charge in [0.2, 0.25) is 0 Å². The summed E-state index contributed by atoms with van der Waals surface area (Å²) in [6.45, 7) is 0.741. The van der Waals surface area contributed by atoms with Gasteiger partial charge in [0.05, 0.1) is 0 Å². The minimum atomic E-state index is 0.741. The van der Waals surface area contributed by atoms with Crippen LogP contribution in [0.2, 0.25) is 0 Å². The SMILES string of the molecule is [N-]=[N+]=NC1=CC=NCC1. The molecule has 0 fully saturated rings. The van der Waals surface area contributed by atoms with E-state index < -0.39 is 0 Å². The van der Waals surface area contributed by atoms with E-state index in [4.69, 9.17) is 5.53 Å². The van der Waals surface area contributed by atoms with Crippen LogP contribution in [0.5, 0.6) is 0 Å². The summed E-state index contributed by atoms with van der Waals surface area (Å²) in [5.41, 5.74) is 8.76. The van der Waals surface area contributed by atoms with Crippen molar-refractivity contribution in [1.82, 2.24) is 0 Å². The van der Waals surface area contributed by atoms with Crippen molar-refractivity contribution in [2.75, 3.05) is 6.54 Å². The molecule has 0 aromatic heterocycles. The second-order valence-corrected chi connectivity index (χ2v) is 1.65. The third-order valence-electron chi connectivity index (χ3n) is 1.04. The van der Waals surface area contributed by atoms with Crippen molar-refractivity contribution >= 4 is 6.21 Å². The molecular formula is C5H6N4. The maximum absolute atomic E-state index is 7.99. The summed E-state index contributed by atoms with van der Waals surface area (Å²) in [4.78, 5) is 6.58. The zero-order chi connectivity index (χ0) is 6.53. The van der Waals surface area contributed by atoms with Gasteiger partial charge < -0.3 is 0 Å². The van der Waals surface area contributed by atoms with Gasteiger partial charge in [0, 0.05) is 23.4 Å². The lowest BCUT2D eigenvalue weighted by Crippen LogP contribution is -1.90. The van der Waals surface area contributed by atoms with Crippen molar-refractivity contribution in [3.05, 3.63) is 22.2 Å². The Morgan fingerprint density at radius 3 is 3.22 bits per heavy atom. The van der Waals surface area contributed by atoms with Crippen LogP contribution in [0.1, 0.15) is 6.42 Å². The quantitative estimate of drug-likeness (QED) is 0.288. The smallest absolute Gasteiger partial charge is 0.0428 e. The average molecular weight is 122 g/mol. The van der Waals surface area contributed by atoms with Gasteiger partial charge in [-0.2, -0.15) is 0 Å². The molecule has 0 bridgehead atoms. The molecule has 1 aliphatic heterocycles. The Kier molecular flexibility index (Phi) is 1.88. The van der Waals surface area contributed by atoms with Crippen molar-refractivity contribution in [2.24, 2.45) is 10.1 Å². The summed E-state index contributed by atoms with van der Waals surface area (Å²) in [5, 5.41) is 3.43. The molecule has 0 amide bonds. The topological polar surface area (TPSA) is 61.1 Å². The van der Waals surface area contributed by atoms with E-state index >= 15 is 0 Å². The minimum Gasteiger partial charge on any atom is -0.293 e. The van der Waals surface area contributed by atoms with E-state index in [1.165, 1.54) is 0 Å². The van der Waals surface area contributed by atoms with Crippen LogP contribution in [-0.4, -0.2) is 12.8 Å². The molecule has 0 aliphatic carbocycles. The summed E-state index contributed by atoms with van der Waals surface area (Å²) in [7, 11) is 0. The fraction of sp³-hybridized carbons (Fsp3) is 0.400. The van der Waals surface area contributed by atoms with E-state index in [1.807, 2.05) is 0 Å². The molecule has 46 valence electrons. The molecule has 1 rings (SSSR count). The summed E-state index contributed by atoms with van der Waals surface area (Å²) in [6.07, 6.45) is 4.15. The molecule has 0 atom stereocenters. The molecule has 9 heavy (non-hydrogen) atoms. The van der Waals surface area contributed by atoms with Gasteiger partial charge in [0.15, 0.2) is 0 Å². The highest BCUT2D eigenvalue weighted by molar-refractivity contribution is 5.73. The Balaban J connectivity index is 2.68. The first-order valence-corrected chi connectivity index (χ1v) is 2.67. The zero-order valence-electron chi connectivity index (χ0n) is 4.86. The van der Waals surface area contributed by atoms with Gasteiger partial charge >= 0.3 is 0 Å². The maximum atomic E-state index is 7.99. The van der Waals surface area contributed by atoms with E-state index in [-0.39, 0.29) is 0 Å². The summed E-state index contributed by atoms with van der Waals surface area (Å²) in [6, 6.07) is 0. The molecule has 0 saturated carbocycles. The molecule has 1 aliphatic rings. The highest BCUT2D eigenvalue weighted by Gasteiger charge is 1.94. The van der Waals surface area contributed by atoms with Crippen LogP contribution in [0.15, 0.2) is 21.9 Å². The second-order valence-electron chi connectivity index (χ2n) is 1.65. The van der Waals surface area contributed by atoms with Crippen LogP contribution in [0, 0.1) is 0 Å². The van der Waals surface area contributed by atoms with Crippen LogP contribution in [0.3, 0.4) is 0 Å². The third-order valence-corrected chi connectivity index (χ3v) is 1.04. The second kappa shape index (κ2) is 2.89. The Hall–Kier alpha value is -1.28. The average Bonchev–Trinajstić information content (AvgIpc) is 1.91. The lowest BCUT2D eigenvalue weighted by atomic mass is 10.3. The fourth-order valence-electron chi connectivity index (χ4n) is 0.616. The molecule has 4 nitrogen and oxygen atoms in total. The van der Waals surface area contributed by atoms with Crippen LogP contribution < -0.4 is 0 Å². The number of hydrogen-bond donors (Lipinski definition) is 0. The number of rotatable bonds is 1. The Labute approximate surface area is 52.5 Å². The standard InChI is InChI=1S/C5H6N4/c6-9-8-5-1-3-7-4-2-5/h1,3H,2,4H2. The number of allylic oxidation sites excluding steroid dienone is 1. The first-order chi connectivity index (χ1) is 4.43. The Morgan fingerprint density at radius 2 is 2.67 bits per heavy atom. The van der Waals surface area contributed by atoms with Crippen LogP contribution in [0.4, 0.5) is 0 Å². The summed E-state index contributed by atoms with van der Waals surface area (Å²) >= 11 is 0. The lowest BCUT2D eigenvalue weighted by molar-refractivity contribution is 0.924. The molecule has 0 N–H and O–H groups in total. The predicted molar refractivity (Wildman–Crippen MR) is 35.2 cm³/mol. The molecule has 0 unspecified atom stereocenters. The van der Waals surface area contributed by atoms with E-state index in [9.17, 15) is 0 Å². The van der Waals surface area contributed by atoms with Crippen molar-refractivity contribution in [3.8, 4) is 0 Å². The summed E-state index contributed by atoms with van der Waals surface area (Å²) in [5.74, 6) is 0. The number of aliphatic imine (C=N–C) groups is 1. The minimum absolute atomic E-state index is 0.741. The van der Waals surface area contributed by atoms with Crippen LogP contribution in [0.25, 0.3) is 10.4 Å². The van der Waals surface area contributed by atoms with E-state index in [1.54, 1.807) is 12.3 Å². The molecule has 0 saturated heterocycles. The normalized spacial score (nSPS) is 16.2. The van der Waals surface area contributed by atoms with Crippen molar-refractivity contribution < 1.29 is 0 Å². The number of nitrogens with zero attached hydrogens (tertiary/aromatic N) is 4. The van der Waals surface area contributed by atoms with Gasteiger partial charge in [-0.05, 0) is 18.0 Å². The molecule has 0 spiro atoms. The van der Waals surface area contributed by atoms with E-state index in [2.05, 4.69) is 15.0 Å². The van der Waals surface area contributed by atoms with Crippen LogP contribution >= 0.6 is 0 Å². The molecule has 0 aromatic rings. The van der Waals surface area contributed by atoms with Crippen molar-refractivity contribution in [2.45, 2.75) is 6.42 Å².